The number of carbonyl (C=O) groups excluding carboxylic acids is 2. The minimum atomic E-state index is -1.37. The maximum Gasteiger partial charge on any atom is 0.317 e. The van der Waals surface area contributed by atoms with Gasteiger partial charge in [-0.15, -0.1) is 0 Å². The van der Waals surface area contributed by atoms with Crippen molar-refractivity contribution in [1.82, 2.24) is 18.3 Å². The number of hydrogen-bond acceptors (Lipinski definition) is 8. The predicted octanol–water partition coefficient (Wildman–Crippen LogP) is 5.61. The van der Waals surface area contributed by atoms with Crippen LogP contribution in [-0.4, -0.2) is 58.4 Å². The summed E-state index contributed by atoms with van der Waals surface area (Å²) in [5.41, 5.74) is 6.21. The number of amides is 1. The summed E-state index contributed by atoms with van der Waals surface area (Å²) in [7, 11) is 0. The number of allylic oxidation sites excluding steroid dienone is 2. The molecule has 5 aromatic rings. The maximum absolute atomic E-state index is 12.6. The first-order valence-corrected chi connectivity index (χ1v) is 21.9. The zero-order valence-corrected chi connectivity index (χ0v) is 38.3. The van der Waals surface area contributed by atoms with Gasteiger partial charge in [0.25, 0.3) is 5.91 Å². The van der Waals surface area contributed by atoms with Crippen molar-refractivity contribution in [3.63, 3.8) is 0 Å². The smallest absolute Gasteiger partial charge is 0.317 e. The minimum Gasteiger partial charge on any atom is -0.388 e. The van der Waals surface area contributed by atoms with E-state index in [0.717, 1.165) is 63.8 Å². The van der Waals surface area contributed by atoms with Crippen LogP contribution in [0.4, 0.5) is 5.69 Å². The lowest BCUT2D eigenvalue weighted by atomic mass is 9.75. The van der Waals surface area contributed by atoms with Crippen molar-refractivity contribution in [2.45, 2.75) is 149 Å². The molecule has 4 aliphatic heterocycles. The zero-order chi connectivity index (χ0) is 46.1. The quantitative estimate of drug-likeness (QED) is 0.170. The highest BCUT2D eigenvalue weighted by Crippen LogP contribution is 2.43. The molecule has 0 aliphatic carbocycles. The van der Waals surface area contributed by atoms with Crippen LogP contribution >= 0.6 is 0 Å². The number of rotatable bonds is 5. The highest BCUT2D eigenvalue weighted by Gasteiger charge is 2.40. The standard InChI is InChI=1S/C18H24N2O4.C18H22N2O2.C14H15NO2/c1-17(2)8-9-19-14-11(17)6-5-7-12(14)20(16(23)15(19)22)10-13(21)18(3,4)24;1-12(2)8-10-19-14-7-5-6-13-15(14)20(17(22)16(19)21)11-9-18(13,3)4;1-14(2)6-7-15-12-9(4-3-5-10(12)14)8-11(16)13(15)17/h5-7,13,21,24H,8-10H2,1-4H3;5-8H,9-11H2,1-4H3;3-5H,6-8H2,1-2H3. The average molecular weight is 860 g/mol. The third-order valence-corrected chi connectivity index (χ3v) is 13.6. The van der Waals surface area contributed by atoms with Gasteiger partial charge in [-0.1, -0.05) is 95.7 Å². The first-order valence-electron chi connectivity index (χ1n) is 21.9. The molecule has 13 heteroatoms. The van der Waals surface area contributed by atoms with Crippen LogP contribution in [0.1, 0.15) is 111 Å². The summed E-state index contributed by atoms with van der Waals surface area (Å²) in [6, 6.07) is 17.7. The molecule has 63 heavy (non-hydrogen) atoms. The molecule has 3 aromatic carbocycles. The van der Waals surface area contributed by atoms with Crippen LogP contribution in [0.5, 0.6) is 0 Å². The molecule has 9 rings (SSSR count). The number of hydrogen-bond donors (Lipinski definition) is 2. The lowest BCUT2D eigenvalue weighted by molar-refractivity contribution is -0.136. The highest BCUT2D eigenvalue weighted by molar-refractivity contribution is 6.43. The highest BCUT2D eigenvalue weighted by atomic mass is 16.3. The average Bonchev–Trinajstić information content (AvgIpc) is 3.21. The zero-order valence-electron chi connectivity index (χ0n) is 38.3. The Balaban J connectivity index is 0.000000144. The summed E-state index contributed by atoms with van der Waals surface area (Å²) < 4.78 is 6.11. The van der Waals surface area contributed by atoms with Gasteiger partial charge in [-0.3, -0.25) is 37.9 Å². The molecule has 2 N–H and O–H groups in total. The van der Waals surface area contributed by atoms with Crippen molar-refractivity contribution in [2.24, 2.45) is 0 Å². The van der Waals surface area contributed by atoms with Crippen LogP contribution in [0.25, 0.3) is 22.1 Å². The lowest BCUT2D eigenvalue weighted by Crippen LogP contribution is -2.48. The number of aliphatic hydroxyl groups excluding tert-OH is 1. The lowest BCUT2D eigenvalue weighted by Gasteiger charge is -2.41. The molecule has 0 spiro atoms. The first kappa shape index (κ1) is 45.4. The summed E-state index contributed by atoms with van der Waals surface area (Å²) in [6.07, 6.45) is 3.64. The van der Waals surface area contributed by atoms with Crippen molar-refractivity contribution < 1.29 is 19.8 Å². The van der Waals surface area contributed by atoms with E-state index in [0.29, 0.717) is 31.7 Å². The molecular formula is C50H61N5O8. The molecular weight excluding hydrogens is 799 g/mol. The number of benzene rings is 3. The van der Waals surface area contributed by atoms with Crippen LogP contribution in [0.2, 0.25) is 0 Å². The Hall–Kier alpha value is -5.66. The van der Waals surface area contributed by atoms with E-state index in [-0.39, 0.29) is 40.9 Å². The van der Waals surface area contributed by atoms with Crippen LogP contribution in [0.15, 0.2) is 85.4 Å². The SMILES string of the molecule is CC(C)=CCn1c(=O)c(=O)n2c3c(cccc31)C(C)(C)CC2.CC1(C)CCN2C(=O)C(=O)Cc3cccc1c32.CC1(C)CCn2c(=O)c(=O)n(CC(O)C(C)(C)O)c3cccc1c32. The Morgan fingerprint density at radius 1 is 0.667 bits per heavy atom. The van der Waals surface area contributed by atoms with Crippen molar-refractivity contribution in [1.29, 1.82) is 0 Å². The monoisotopic (exact) mass is 859 g/mol. The Morgan fingerprint density at radius 3 is 1.65 bits per heavy atom. The maximum atomic E-state index is 12.6. The summed E-state index contributed by atoms with van der Waals surface area (Å²) in [5, 5.41) is 20.2. The molecule has 0 saturated heterocycles. The molecule has 1 unspecified atom stereocenters. The van der Waals surface area contributed by atoms with Gasteiger partial charge >= 0.3 is 22.2 Å². The number of carbonyl (C=O) groups is 2. The fraction of sp³-hybridized carbons (Fsp3) is 0.480. The normalized spacial score (nSPS) is 18.1. The van der Waals surface area contributed by atoms with E-state index in [1.54, 1.807) is 24.7 Å². The molecule has 0 saturated carbocycles. The minimum absolute atomic E-state index is 0.0185. The number of aliphatic hydroxyl groups is 2. The summed E-state index contributed by atoms with van der Waals surface area (Å²) >= 11 is 0. The third-order valence-electron chi connectivity index (χ3n) is 13.6. The molecule has 4 aliphatic rings. The summed E-state index contributed by atoms with van der Waals surface area (Å²) in [5.74, 6) is -0.616. The first-order chi connectivity index (χ1) is 29.4. The van der Waals surface area contributed by atoms with Crippen LogP contribution in [0, 0.1) is 0 Å². The molecule has 1 atom stereocenters. The summed E-state index contributed by atoms with van der Waals surface area (Å²) in [6.45, 7) is 22.0. The third kappa shape index (κ3) is 8.10. The van der Waals surface area contributed by atoms with Crippen LogP contribution in [-0.2, 0) is 58.4 Å². The fourth-order valence-corrected chi connectivity index (χ4v) is 9.39. The van der Waals surface area contributed by atoms with E-state index in [1.165, 1.54) is 24.0 Å². The van der Waals surface area contributed by atoms with Crippen molar-refractivity contribution >= 4 is 39.4 Å². The number of anilines is 1. The van der Waals surface area contributed by atoms with E-state index in [9.17, 15) is 39.0 Å². The van der Waals surface area contributed by atoms with Gasteiger partial charge in [0, 0.05) is 32.6 Å². The largest absolute Gasteiger partial charge is 0.388 e. The van der Waals surface area contributed by atoms with Gasteiger partial charge in [0.2, 0.25) is 5.78 Å². The van der Waals surface area contributed by atoms with Gasteiger partial charge in [0.05, 0.1) is 39.9 Å². The molecule has 1 amide bonds. The van der Waals surface area contributed by atoms with E-state index in [2.05, 4.69) is 53.7 Å². The van der Waals surface area contributed by atoms with Crippen molar-refractivity contribution in [3.8, 4) is 0 Å². The van der Waals surface area contributed by atoms with Crippen LogP contribution < -0.4 is 27.1 Å². The molecule has 0 bridgehead atoms. The van der Waals surface area contributed by atoms with E-state index in [1.807, 2.05) is 56.3 Å². The molecule has 0 radical (unpaired) electrons. The Labute approximate surface area is 366 Å². The molecule has 6 heterocycles. The van der Waals surface area contributed by atoms with Crippen molar-refractivity contribution in [2.75, 3.05) is 11.4 Å². The number of Topliss-reactive ketones (excluding diaryl/α,β-unsaturated/α-hetero) is 1. The number of ketones is 1. The van der Waals surface area contributed by atoms with Crippen LogP contribution in [0.3, 0.4) is 0 Å². The van der Waals surface area contributed by atoms with Crippen molar-refractivity contribution in [3.05, 3.63) is 130 Å². The van der Waals surface area contributed by atoms with Gasteiger partial charge in [-0.2, -0.15) is 0 Å². The number of nitrogens with zero attached hydrogens (tertiary/aromatic N) is 5. The molecule has 13 nitrogen and oxygen atoms in total. The predicted molar refractivity (Wildman–Crippen MR) is 247 cm³/mol. The second-order valence-electron chi connectivity index (χ2n) is 20.3. The molecule has 2 aromatic heterocycles. The Kier molecular flexibility index (Phi) is 11.6. The fourth-order valence-electron chi connectivity index (χ4n) is 9.39. The second kappa shape index (κ2) is 16.2. The van der Waals surface area contributed by atoms with Gasteiger partial charge in [-0.05, 0) is 97.6 Å². The topological polar surface area (TPSA) is 166 Å². The van der Waals surface area contributed by atoms with Gasteiger partial charge in [-0.25, -0.2) is 0 Å². The van der Waals surface area contributed by atoms with E-state index >= 15 is 0 Å². The summed E-state index contributed by atoms with van der Waals surface area (Å²) in [4.78, 5) is 75.3. The second-order valence-corrected chi connectivity index (χ2v) is 20.3. The number of aromatic nitrogens is 4. The van der Waals surface area contributed by atoms with Gasteiger partial charge in [0.15, 0.2) is 0 Å². The van der Waals surface area contributed by atoms with Gasteiger partial charge in [0.1, 0.15) is 6.10 Å². The van der Waals surface area contributed by atoms with Gasteiger partial charge < -0.3 is 24.2 Å². The number of para-hydroxylation sites is 3. The molecule has 334 valence electrons. The van der Waals surface area contributed by atoms with E-state index < -0.39 is 33.9 Å². The Morgan fingerprint density at radius 2 is 1.13 bits per heavy atom. The Bertz CT molecular complexity index is 2970. The molecule has 0 fully saturated rings. The number of aryl methyl sites for hydroxylation is 2. The van der Waals surface area contributed by atoms with E-state index in [4.69, 9.17) is 0 Å².